The number of esters is 1. The molecule has 0 aliphatic rings. The fraction of sp³-hybridized carbons (Fsp3) is 0.190. The molecule has 7 heteroatoms. The molecular weight excluding hydrogens is 378 g/mol. The Balaban J connectivity index is 1.67. The van der Waals surface area contributed by atoms with Gasteiger partial charge in [0.2, 0.25) is 0 Å². The smallest absolute Gasteiger partial charge is 0.338 e. The number of nitrogens with one attached hydrogen (secondary N) is 1. The highest BCUT2D eigenvalue weighted by Gasteiger charge is 2.17. The van der Waals surface area contributed by atoms with Crippen LogP contribution in [0.15, 0.2) is 48.5 Å². The molecule has 1 amide bonds. The molecule has 28 heavy (non-hydrogen) atoms. The van der Waals surface area contributed by atoms with E-state index in [1.807, 2.05) is 45.0 Å². The van der Waals surface area contributed by atoms with Crippen LogP contribution in [0.3, 0.4) is 0 Å². The number of aryl methyl sites for hydroxylation is 2. The van der Waals surface area contributed by atoms with Gasteiger partial charge in [0.1, 0.15) is 0 Å². The van der Waals surface area contributed by atoms with Crippen molar-refractivity contribution < 1.29 is 14.3 Å². The molecule has 0 spiro atoms. The van der Waals surface area contributed by atoms with Crippen LogP contribution in [0.5, 0.6) is 0 Å². The largest absolute Gasteiger partial charge is 0.452 e. The number of anilines is 1. The van der Waals surface area contributed by atoms with Crippen molar-refractivity contribution in [2.24, 2.45) is 0 Å². The Morgan fingerprint density at radius 1 is 1.11 bits per heavy atom. The molecular formula is C21H20ClN3O3. The second kappa shape index (κ2) is 8.27. The highest BCUT2D eigenvalue weighted by atomic mass is 35.5. The Kier molecular flexibility index (Phi) is 5.80. The lowest BCUT2D eigenvalue weighted by Crippen LogP contribution is -2.21. The van der Waals surface area contributed by atoms with Crippen molar-refractivity contribution >= 4 is 29.2 Å². The summed E-state index contributed by atoms with van der Waals surface area (Å²) < 4.78 is 6.83. The summed E-state index contributed by atoms with van der Waals surface area (Å²) in [4.78, 5) is 24.3. The molecule has 1 aromatic heterocycles. The van der Waals surface area contributed by atoms with Gasteiger partial charge in [0.15, 0.2) is 6.61 Å². The van der Waals surface area contributed by atoms with E-state index in [-0.39, 0.29) is 0 Å². The van der Waals surface area contributed by atoms with Gasteiger partial charge < -0.3 is 10.1 Å². The normalized spacial score (nSPS) is 10.6. The van der Waals surface area contributed by atoms with E-state index >= 15 is 0 Å². The number of benzene rings is 2. The van der Waals surface area contributed by atoms with Crippen molar-refractivity contribution in [3.63, 3.8) is 0 Å². The van der Waals surface area contributed by atoms with E-state index in [0.29, 0.717) is 22.0 Å². The maximum absolute atomic E-state index is 12.3. The van der Waals surface area contributed by atoms with Crippen LogP contribution in [0.2, 0.25) is 5.02 Å². The van der Waals surface area contributed by atoms with Gasteiger partial charge in [-0.05, 0) is 51.1 Å². The number of carbonyl (C=O) groups is 2. The highest BCUT2D eigenvalue weighted by molar-refractivity contribution is 6.30. The fourth-order valence-corrected chi connectivity index (χ4v) is 2.96. The summed E-state index contributed by atoms with van der Waals surface area (Å²) in [5, 5.41) is 7.69. The third kappa shape index (κ3) is 4.40. The zero-order valence-electron chi connectivity index (χ0n) is 15.8. The summed E-state index contributed by atoms with van der Waals surface area (Å²) in [6.45, 7) is 5.29. The van der Waals surface area contributed by atoms with Gasteiger partial charge in [-0.15, -0.1) is 0 Å². The van der Waals surface area contributed by atoms with Crippen LogP contribution in [-0.2, 0) is 9.53 Å². The quantitative estimate of drug-likeness (QED) is 0.653. The van der Waals surface area contributed by atoms with Gasteiger partial charge in [-0.1, -0.05) is 35.4 Å². The minimum Gasteiger partial charge on any atom is -0.452 e. The average molecular weight is 398 g/mol. The summed E-state index contributed by atoms with van der Waals surface area (Å²) in [6, 6.07) is 14.3. The second-order valence-electron chi connectivity index (χ2n) is 6.43. The van der Waals surface area contributed by atoms with Gasteiger partial charge in [0.25, 0.3) is 5.91 Å². The molecule has 0 unspecified atom stereocenters. The number of carbonyl (C=O) groups excluding carboxylic acids is 2. The predicted octanol–water partition coefficient (Wildman–Crippen LogP) is 4.25. The van der Waals surface area contributed by atoms with Gasteiger partial charge in [-0.3, -0.25) is 4.79 Å². The molecule has 1 heterocycles. The molecule has 0 aliphatic carbocycles. The van der Waals surface area contributed by atoms with Crippen LogP contribution in [0.4, 0.5) is 5.69 Å². The second-order valence-corrected chi connectivity index (χ2v) is 6.86. The Morgan fingerprint density at radius 3 is 2.50 bits per heavy atom. The van der Waals surface area contributed by atoms with Crippen LogP contribution in [0.25, 0.3) is 5.69 Å². The molecule has 3 rings (SSSR count). The summed E-state index contributed by atoms with van der Waals surface area (Å²) in [6.07, 6.45) is 0. The maximum Gasteiger partial charge on any atom is 0.338 e. The zero-order valence-corrected chi connectivity index (χ0v) is 16.6. The van der Waals surface area contributed by atoms with Crippen molar-refractivity contribution in [3.8, 4) is 5.69 Å². The van der Waals surface area contributed by atoms with E-state index < -0.39 is 18.5 Å². The first-order chi connectivity index (χ1) is 13.3. The van der Waals surface area contributed by atoms with E-state index in [2.05, 4.69) is 10.4 Å². The summed E-state index contributed by atoms with van der Waals surface area (Å²) in [5.41, 5.74) is 4.41. The van der Waals surface area contributed by atoms with E-state index in [9.17, 15) is 9.59 Å². The number of hydrogen-bond donors (Lipinski definition) is 1. The standard InChI is InChI=1S/C21H20ClN3O3/c1-13-7-9-18(10-8-13)25-15(3)20(14(2)24-25)23-19(26)12-28-21(27)16-5-4-6-17(22)11-16/h4-11H,12H2,1-3H3,(H,23,26). The van der Waals surface area contributed by atoms with Gasteiger partial charge in [0.05, 0.1) is 28.3 Å². The average Bonchev–Trinajstić information content (AvgIpc) is 2.95. The first-order valence-electron chi connectivity index (χ1n) is 8.71. The van der Waals surface area contributed by atoms with Gasteiger partial charge in [-0.2, -0.15) is 5.10 Å². The molecule has 0 saturated carbocycles. The first kappa shape index (κ1) is 19.6. The molecule has 0 atom stereocenters. The zero-order chi connectivity index (χ0) is 20.3. The number of ether oxygens (including phenoxy) is 1. The van der Waals surface area contributed by atoms with Gasteiger partial charge >= 0.3 is 5.97 Å². The Morgan fingerprint density at radius 2 is 1.82 bits per heavy atom. The van der Waals surface area contributed by atoms with Crippen LogP contribution < -0.4 is 5.32 Å². The molecule has 2 aromatic carbocycles. The van der Waals surface area contributed by atoms with E-state index in [4.69, 9.17) is 16.3 Å². The van der Waals surface area contributed by atoms with Crippen LogP contribution in [0, 0.1) is 20.8 Å². The molecule has 1 N–H and O–H groups in total. The topological polar surface area (TPSA) is 73.2 Å². The molecule has 3 aromatic rings. The molecule has 144 valence electrons. The SMILES string of the molecule is Cc1ccc(-n2nc(C)c(NC(=O)COC(=O)c3cccc(Cl)c3)c2C)cc1. The van der Waals surface area contributed by atoms with Crippen molar-refractivity contribution in [1.29, 1.82) is 0 Å². The Bertz CT molecular complexity index is 1030. The van der Waals surface area contributed by atoms with E-state index in [1.54, 1.807) is 22.9 Å². The molecule has 0 bridgehead atoms. The minimum absolute atomic E-state index is 0.292. The van der Waals surface area contributed by atoms with Crippen molar-refractivity contribution in [3.05, 3.63) is 76.1 Å². The lowest BCUT2D eigenvalue weighted by Gasteiger charge is -2.08. The predicted molar refractivity (Wildman–Crippen MR) is 108 cm³/mol. The van der Waals surface area contributed by atoms with E-state index in [1.165, 1.54) is 6.07 Å². The highest BCUT2D eigenvalue weighted by Crippen LogP contribution is 2.23. The molecule has 6 nitrogen and oxygen atoms in total. The maximum atomic E-state index is 12.3. The summed E-state index contributed by atoms with van der Waals surface area (Å²) in [5.74, 6) is -1.05. The molecule has 0 fully saturated rings. The fourth-order valence-electron chi connectivity index (χ4n) is 2.77. The van der Waals surface area contributed by atoms with Gasteiger partial charge in [-0.25, -0.2) is 9.48 Å². The number of halogens is 1. The van der Waals surface area contributed by atoms with Crippen molar-refractivity contribution in [1.82, 2.24) is 9.78 Å². The monoisotopic (exact) mass is 397 g/mol. The number of amides is 1. The van der Waals surface area contributed by atoms with E-state index in [0.717, 1.165) is 16.9 Å². The Labute approximate surface area is 168 Å². The Hall–Kier alpha value is -3.12. The van der Waals surface area contributed by atoms with Gasteiger partial charge in [0, 0.05) is 5.02 Å². The summed E-state index contributed by atoms with van der Waals surface area (Å²) in [7, 11) is 0. The summed E-state index contributed by atoms with van der Waals surface area (Å²) >= 11 is 5.86. The molecule has 0 radical (unpaired) electrons. The lowest BCUT2D eigenvalue weighted by molar-refractivity contribution is -0.119. The third-order valence-electron chi connectivity index (χ3n) is 4.23. The van der Waals surface area contributed by atoms with Crippen LogP contribution in [-0.4, -0.2) is 28.3 Å². The molecule has 0 saturated heterocycles. The van der Waals surface area contributed by atoms with Crippen LogP contribution in [0.1, 0.15) is 27.3 Å². The third-order valence-corrected chi connectivity index (χ3v) is 4.46. The van der Waals surface area contributed by atoms with Crippen molar-refractivity contribution in [2.45, 2.75) is 20.8 Å². The van der Waals surface area contributed by atoms with Crippen molar-refractivity contribution in [2.75, 3.05) is 11.9 Å². The number of nitrogens with zero attached hydrogens (tertiary/aromatic N) is 2. The first-order valence-corrected chi connectivity index (χ1v) is 9.09. The number of rotatable bonds is 5. The molecule has 0 aliphatic heterocycles. The number of aromatic nitrogens is 2. The minimum atomic E-state index is -0.610. The van der Waals surface area contributed by atoms with Crippen LogP contribution >= 0.6 is 11.6 Å². The lowest BCUT2D eigenvalue weighted by atomic mass is 10.2. The number of hydrogen-bond acceptors (Lipinski definition) is 4.